The highest BCUT2D eigenvalue weighted by atomic mass is 16.6. The summed E-state index contributed by atoms with van der Waals surface area (Å²) in [6, 6.07) is -0.0509. The molecule has 1 fully saturated rings. The van der Waals surface area contributed by atoms with Gasteiger partial charge in [0.05, 0.1) is 6.04 Å². The first-order valence-electron chi connectivity index (χ1n) is 7.88. The summed E-state index contributed by atoms with van der Waals surface area (Å²) in [5, 5.41) is 1.68. The lowest BCUT2D eigenvalue weighted by Gasteiger charge is -2.27. The van der Waals surface area contributed by atoms with Crippen LogP contribution in [-0.4, -0.2) is 53.7 Å². The Balaban J connectivity index is 2.45. The number of carbonyl (C=O) groups excluding carboxylic acids is 2. The number of carbonyl (C=O) groups is 2. The van der Waals surface area contributed by atoms with E-state index in [9.17, 15) is 9.59 Å². The maximum atomic E-state index is 12.0. The average Bonchev–Trinajstić information content (AvgIpc) is 2.63. The molecule has 0 radical (unpaired) electrons. The van der Waals surface area contributed by atoms with Crippen molar-refractivity contribution in [2.45, 2.75) is 66.0 Å². The molecule has 1 atom stereocenters. The molecule has 1 unspecified atom stereocenters. The molecule has 0 spiro atoms. The van der Waals surface area contributed by atoms with E-state index in [1.54, 1.807) is 12.1 Å². The van der Waals surface area contributed by atoms with Crippen molar-refractivity contribution in [3.63, 3.8) is 0 Å². The van der Waals surface area contributed by atoms with E-state index >= 15 is 0 Å². The van der Waals surface area contributed by atoms with Crippen LogP contribution in [0.2, 0.25) is 0 Å². The second-order valence-electron chi connectivity index (χ2n) is 8.25. The maximum Gasteiger partial charge on any atom is 0.410 e. The Labute approximate surface area is 134 Å². The molecular formula is C16H31N3O3. The molecule has 0 aliphatic carbocycles. The quantitative estimate of drug-likeness (QED) is 0.865. The molecule has 6 nitrogen and oxygen atoms in total. The number of rotatable bonds is 4. The van der Waals surface area contributed by atoms with Crippen LogP contribution in [0.3, 0.4) is 0 Å². The Bertz CT molecular complexity index is 410. The predicted molar refractivity (Wildman–Crippen MR) is 86.2 cm³/mol. The number of hydrogen-bond donors (Lipinski definition) is 1. The van der Waals surface area contributed by atoms with Crippen LogP contribution >= 0.6 is 0 Å². The Morgan fingerprint density at radius 3 is 2.41 bits per heavy atom. The second-order valence-corrected chi connectivity index (χ2v) is 8.25. The van der Waals surface area contributed by atoms with Crippen LogP contribution in [0.5, 0.6) is 0 Å². The minimum absolute atomic E-state index is 0.0509. The van der Waals surface area contributed by atoms with Crippen molar-refractivity contribution < 1.29 is 14.3 Å². The smallest absolute Gasteiger partial charge is 0.410 e. The number of nitrogens with one attached hydrogen (secondary N) is 1. The van der Waals surface area contributed by atoms with E-state index in [2.05, 4.69) is 26.2 Å². The van der Waals surface area contributed by atoms with Crippen LogP contribution in [0.25, 0.3) is 0 Å². The van der Waals surface area contributed by atoms with E-state index in [1.807, 2.05) is 20.8 Å². The fraction of sp³-hybridized carbons (Fsp3) is 0.875. The zero-order valence-corrected chi connectivity index (χ0v) is 15.0. The van der Waals surface area contributed by atoms with Gasteiger partial charge in [0, 0.05) is 26.6 Å². The van der Waals surface area contributed by atoms with Gasteiger partial charge in [0.25, 0.3) is 0 Å². The van der Waals surface area contributed by atoms with E-state index in [4.69, 9.17) is 4.74 Å². The highest BCUT2D eigenvalue weighted by Crippen LogP contribution is 2.20. The molecule has 0 aromatic carbocycles. The summed E-state index contributed by atoms with van der Waals surface area (Å²) in [5.41, 5.74) is 2.87. The topological polar surface area (TPSA) is 61.9 Å². The lowest BCUT2D eigenvalue weighted by atomic mass is 9.92. The average molecular weight is 313 g/mol. The van der Waals surface area contributed by atoms with E-state index in [1.165, 1.54) is 4.90 Å². The molecule has 1 aliphatic heterocycles. The number of likely N-dealkylation sites (N-methyl/N-ethyl adjacent to an activating group) is 1. The minimum atomic E-state index is -0.511. The Hall–Kier alpha value is -1.30. The first-order valence-corrected chi connectivity index (χ1v) is 7.88. The zero-order chi connectivity index (χ0) is 17.1. The van der Waals surface area contributed by atoms with Gasteiger partial charge in [-0.25, -0.2) is 10.2 Å². The second kappa shape index (κ2) is 6.86. The molecule has 1 saturated heterocycles. The summed E-state index contributed by atoms with van der Waals surface area (Å²) in [7, 11) is 1.69. The third-order valence-electron chi connectivity index (χ3n) is 3.35. The van der Waals surface area contributed by atoms with Gasteiger partial charge in [-0.05, 0) is 32.6 Å². The molecule has 0 aromatic rings. The third-order valence-corrected chi connectivity index (χ3v) is 3.35. The van der Waals surface area contributed by atoms with Crippen molar-refractivity contribution in [1.29, 1.82) is 0 Å². The molecule has 1 heterocycles. The summed E-state index contributed by atoms with van der Waals surface area (Å²) in [6.07, 6.45) is 0.979. The van der Waals surface area contributed by atoms with E-state index in [-0.39, 0.29) is 23.5 Å². The van der Waals surface area contributed by atoms with Crippen LogP contribution in [0, 0.1) is 5.41 Å². The largest absolute Gasteiger partial charge is 0.444 e. The molecule has 1 rings (SSSR count). The van der Waals surface area contributed by atoms with Crippen LogP contribution < -0.4 is 5.43 Å². The molecule has 22 heavy (non-hydrogen) atoms. The molecular weight excluding hydrogens is 282 g/mol. The Morgan fingerprint density at radius 2 is 1.91 bits per heavy atom. The predicted octanol–water partition coefficient (Wildman–Crippen LogP) is 2.40. The Kier molecular flexibility index (Phi) is 5.84. The number of amides is 2. The van der Waals surface area contributed by atoms with Crippen molar-refractivity contribution >= 4 is 12.0 Å². The highest BCUT2D eigenvalue weighted by Gasteiger charge is 2.32. The number of hydrazine groups is 1. The standard InChI is InChI=1S/C16H31N3O3/c1-15(2,3)8-9-19-13(20)10-12(17-19)11-18(7)14(21)22-16(4,5)6/h12,17H,8-11H2,1-7H3. The van der Waals surface area contributed by atoms with Crippen LogP contribution in [-0.2, 0) is 9.53 Å². The van der Waals surface area contributed by atoms with Crippen LogP contribution in [0.15, 0.2) is 0 Å². The molecule has 128 valence electrons. The fourth-order valence-corrected chi connectivity index (χ4v) is 2.15. The summed E-state index contributed by atoms with van der Waals surface area (Å²) in [6.45, 7) is 13.1. The highest BCUT2D eigenvalue weighted by molar-refractivity contribution is 5.78. The van der Waals surface area contributed by atoms with Gasteiger partial charge >= 0.3 is 6.09 Å². The van der Waals surface area contributed by atoms with Gasteiger partial charge in [-0.2, -0.15) is 0 Å². The van der Waals surface area contributed by atoms with Crippen molar-refractivity contribution in [2.75, 3.05) is 20.1 Å². The van der Waals surface area contributed by atoms with Crippen LogP contribution in [0.4, 0.5) is 4.79 Å². The van der Waals surface area contributed by atoms with Crippen molar-refractivity contribution in [3.8, 4) is 0 Å². The van der Waals surface area contributed by atoms with Gasteiger partial charge in [-0.15, -0.1) is 0 Å². The molecule has 0 aromatic heterocycles. The van der Waals surface area contributed by atoms with Gasteiger partial charge in [0.15, 0.2) is 0 Å². The Morgan fingerprint density at radius 1 is 1.32 bits per heavy atom. The minimum Gasteiger partial charge on any atom is -0.444 e. The van der Waals surface area contributed by atoms with E-state index in [0.29, 0.717) is 19.5 Å². The normalized spacial score (nSPS) is 19.5. The molecule has 6 heteroatoms. The van der Waals surface area contributed by atoms with Crippen molar-refractivity contribution in [3.05, 3.63) is 0 Å². The van der Waals surface area contributed by atoms with Gasteiger partial charge in [-0.1, -0.05) is 20.8 Å². The van der Waals surface area contributed by atoms with E-state index < -0.39 is 5.60 Å². The lowest BCUT2D eigenvalue weighted by molar-refractivity contribution is -0.129. The van der Waals surface area contributed by atoms with Crippen LogP contribution in [0.1, 0.15) is 54.4 Å². The van der Waals surface area contributed by atoms with Gasteiger partial charge in [0.2, 0.25) is 5.91 Å². The SMILES string of the molecule is CN(CC1CC(=O)N(CCC(C)(C)C)N1)C(=O)OC(C)(C)C. The first kappa shape index (κ1) is 18.7. The molecule has 0 saturated carbocycles. The molecule has 1 N–H and O–H groups in total. The number of hydrogen-bond acceptors (Lipinski definition) is 4. The zero-order valence-electron chi connectivity index (χ0n) is 15.0. The number of nitrogens with zero attached hydrogens (tertiary/aromatic N) is 2. The van der Waals surface area contributed by atoms with Crippen molar-refractivity contribution in [1.82, 2.24) is 15.3 Å². The molecule has 2 amide bonds. The molecule has 0 bridgehead atoms. The summed E-state index contributed by atoms with van der Waals surface area (Å²) in [5.74, 6) is 0.0897. The van der Waals surface area contributed by atoms with Gasteiger partial charge in [-0.3, -0.25) is 9.80 Å². The molecule has 1 aliphatic rings. The first-order chi connectivity index (χ1) is 9.87. The third kappa shape index (κ3) is 6.64. The summed E-state index contributed by atoms with van der Waals surface area (Å²) in [4.78, 5) is 25.5. The van der Waals surface area contributed by atoms with Crippen molar-refractivity contribution in [2.24, 2.45) is 5.41 Å². The van der Waals surface area contributed by atoms with Gasteiger partial charge < -0.3 is 9.64 Å². The summed E-state index contributed by atoms with van der Waals surface area (Å²) < 4.78 is 5.32. The van der Waals surface area contributed by atoms with E-state index in [0.717, 1.165) is 6.42 Å². The monoisotopic (exact) mass is 313 g/mol. The maximum absolute atomic E-state index is 12.0. The summed E-state index contributed by atoms with van der Waals surface area (Å²) >= 11 is 0. The lowest BCUT2D eigenvalue weighted by Crippen LogP contribution is -2.45. The van der Waals surface area contributed by atoms with Gasteiger partial charge in [0.1, 0.15) is 5.60 Å². The fourth-order valence-electron chi connectivity index (χ4n) is 2.15. The number of ether oxygens (including phenoxy) is 1.